The van der Waals surface area contributed by atoms with Crippen molar-refractivity contribution in [1.29, 1.82) is 0 Å². The van der Waals surface area contributed by atoms with Crippen LogP contribution in [0.2, 0.25) is 0 Å². The van der Waals surface area contributed by atoms with Crippen molar-refractivity contribution < 1.29 is 9.90 Å². The molecule has 0 bridgehead atoms. The third kappa shape index (κ3) is 1.68. The van der Waals surface area contributed by atoms with Crippen LogP contribution in [0.25, 0.3) is 0 Å². The molecule has 0 amide bonds. The number of hydrogen-bond acceptors (Lipinski definition) is 2. The Morgan fingerprint density at radius 3 is 2.58 bits per heavy atom. The first kappa shape index (κ1) is 9.29. The topological polar surface area (TPSA) is 50.2 Å². The molecule has 0 unspecified atom stereocenters. The molecule has 1 aromatic rings. The summed E-state index contributed by atoms with van der Waals surface area (Å²) in [5.41, 5.74) is 0.112. The van der Waals surface area contributed by atoms with Gasteiger partial charge in [-0.25, -0.2) is 4.79 Å². The van der Waals surface area contributed by atoms with E-state index in [1.54, 1.807) is 12.1 Å². The average molecular weight is 206 g/mol. The van der Waals surface area contributed by atoms with Crippen LogP contribution in [0.1, 0.15) is 5.69 Å². The van der Waals surface area contributed by atoms with Gasteiger partial charge in [-0.05, 0) is 12.1 Å². The number of carbonyl (C=O) groups is 1. The maximum atomic E-state index is 10.5. The van der Waals surface area contributed by atoms with Crippen molar-refractivity contribution in [3.05, 3.63) is 30.1 Å². The van der Waals surface area contributed by atoms with Crippen LogP contribution in [-0.2, 0) is 9.13 Å². The summed E-state index contributed by atoms with van der Waals surface area (Å²) < 4.78 is -1.96. The number of hydrogen-bond donors (Lipinski definition) is 1. The van der Waals surface area contributed by atoms with Gasteiger partial charge in [-0.1, -0.05) is 29.3 Å². The van der Waals surface area contributed by atoms with Crippen LogP contribution in [0.15, 0.2) is 24.4 Å². The van der Waals surface area contributed by atoms with Gasteiger partial charge in [0.1, 0.15) is 0 Å². The van der Waals surface area contributed by atoms with Crippen LogP contribution in [0, 0.1) is 0 Å². The standard InChI is InChI=1S/C7H5Cl2NO2/c8-7(9,6(11)12)5-3-1-2-4-10-5/h1-4H,(H,11,12). The van der Waals surface area contributed by atoms with Gasteiger partial charge >= 0.3 is 5.97 Å². The molecular formula is C7H5Cl2NO2. The molecule has 3 nitrogen and oxygen atoms in total. The fourth-order valence-corrected chi connectivity index (χ4v) is 0.882. The van der Waals surface area contributed by atoms with Gasteiger partial charge in [0.05, 0.1) is 5.69 Å². The lowest BCUT2D eigenvalue weighted by molar-refractivity contribution is -0.138. The van der Waals surface area contributed by atoms with E-state index in [1.807, 2.05) is 0 Å². The second-order valence-corrected chi connectivity index (χ2v) is 3.42. The molecule has 0 saturated heterocycles. The van der Waals surface area contributed by atoms with Crippen LogP contribution in [0.5, 0.6) is 0 Å². The molecule has 1 heterocycles. The predicted octanol–water partition coefficient (Wildman–Crippen LogP) is 1.80. The second kappa shape index (κ2) is 3.29. The molecule has 1 rings (SSSR count). The first-order chi connectivity index (χ1) is 5.55. The van der Waals surface area contributed by atoms with E-state index >= 15 is 0 Å². The summed E-state index contributed by atoms with van der Waals surface area (Å²) in [7, 11) is 0. The van der Waals surface area contributed by atoms with Crippen molar-refractivity contribution in [2.75, 3.05) is 0 Å². The van der Waals surface area contributed by atoms with Crippen LogP contribution in [0.4, 0.5) is 0 Å². The summed E-state index contributed by atoms with van der Waals surface area (Å²) in [6.45, 7) is 0. The number of rotatable bonds is 2. The van der Waals surface area contributed by atoms with Crippen LogP contribution < -0.4 is 0 Å². The molecular weight excluding hydrogens is 201 g/mol. The maximum Gasteiger partial charge on any atom is 0.346 e. The smallest absolute Gasteiger partial charge is 0.346 e. The number of halogens is 2. The molecule has 0 atom stereocenters. The Balaban J connectivity index is 3.06. The van der Waals surface area contributed by atoms with Gasteiger partial charge in [-0.2, -0.15) is 0 Å². The maximum absolute atomic E-state index is 10.5. The minimum atomic E-state index is -1.96. The van der Waals surface area contributed by atoms with Crippen LogP contribution in [0.3, 0.4) is 0 Å². The summed E-state index contributed by atoms with van der Waals surface area (Å²) in [6, 6.07) is 4.72. The highest BCUT2D eigenvalue weighted by Crippen LogP contribution is 2.32. The monoisotopic (exact) mass is 205 g/mol. The summed E-state index contributed by atoms with van der Waals surface area (Å²) >= 11 is 11.0. The first-order valence-corrected chi connectivity index (χ1v) is 3.83. The van der Waals surface area contributed by atoms with E-state index in [0.29, 0.717) is 0 Å². The zero-order chi connectivity index (χ0) is 9.19. The lowest BCUT2D eigenvalue weighted by atomic mass is 10.2. The van der Waals surface area contributed by atoms with Gasteiger partial charge in [0.2, 0.25) is 0 Å². The van der Waals surface area contributed by atoms with E-state index in [0.717, 1.165) is 0 Å². The number of aliphatic carboxylic acids is 1. The number of aromatic nitrogens is 1. The lowest BCUT2D eigenvalue weighted by Crippen LogP contribution is -2.23. The molecule has 1 N–H and O–H groups in total. The molecule has 0 aliphatic carbocycles. The van der Waals surface area contributed by atoms with Crippen molar-refractivity contribution >= 4 is 29.2 Å². The quantitative estimate of drug-likeness (QED) is 0.750. The highest BCUT2D eigenvalue weighted by Gasteiger charge is 2.37. The highest BCUT2D eigenvalue weighted by molar-refractivity contribution is 6.56. The summed E-state index contributed by atoms with van der Waals surface area (Å²) in [5, 5.41) is 8.59. The van der Waals surface area contributed by atoms with Gasteiger partial charge in [0.15, 0.2) is 0 Å². The summed E-state index contributed by atoms with van der Waals surface area (Å²) in [6.07, 6.45) is 1.43. The molecule has 64 valence electrons. The Morgan fingerprint density at radius 1 is 1.50 bits per heavy atom. The van der Waals surface area contributed by atoms with E-state index in [9.17, 15) is 4.79 Å². The Kier molecular flexibility index (Phi) is 2.55. The lowest BCUT2D eigenvalue weighted by Gasteiger charge is -2.12. The summed E-state index contributed by atoms with van der Waals surface area (Å²) in [5.74, 6) is -1.33. The predicted molar refractivity (Wildman–Crippen MR) is 45.3 cm³/mol. The molecule has 12 heavy (non-hydrogen) atoms. The number of carboxylic acids is 1. The van der Waals surface area contributed by atoms with Crippen LogP contribution in [-0.4, -0.2) is 16.1 Å². The van der Waals surface area contributed by atoms with Gasteiger partial charge in [0, 0.05) is 6.20 Å². The van der Waals surface area contributed by atoms with Crippen molar-refractivity contribution in [3.8, 4) is 0 Å². The molecule has 0 saturated carbocycles. The third-order valence-electron chi connectivity index (χ3n) is 1.26. The molecule has 0 fully saturated rings. The van der Waals surface area contributed by atoms with Gasteiger partial charge in [0.25, 0.3) is 4.33 Å². The van der Waals surface area contributed by atoms with E-state index in [1.165, 1.54) is 12.3 Å². The molecule has 0 radical (unpaired) electrons. The Morgan fingerprint density at radius 2 is 2.17 bits per heavy atom. The van der Waals surface area contributed by atoms with Gasteiger partial charge < -0.3 is 5.11 Å². The van der Waals surface area contributed by atoms with E-state index in [2.05, 4.69) is 4.98 Å². The average Bonchev–Trinajstić information content (AvgIpc) is 2.06. The molecule has 5 heteroatoms. The largest absolute Gasteiger partial charge is 0.479 e. The minimum Gasteiger partial charge on any atom is -0.479 e. The van der Waals surface area contributed by atoms with E-state index in [-0.39, 0.29) is 5.69 Å². The number of pyridine rings is 1. The summed E-state index contributed by atoms with van der Waals surface area (Å²) in [4.78, 5) is 14.2. The van der Waals surface area contributed by atoms with Crippen molar-refractivity contribution in [2.24, 2.45) is 0 Å². The van der Waals surface area contributed by atoms with Crippen molar-refractivity contribution in [1.82, 2.24) is 4.98 Å². The fourth-order valence-electron chi connectivity index (χ4n) is 0.658. The van der Waals surface area contributed by atoms with Gasteiger partial charge in [-0.3, -0.25) is 4.98 Å². The Bertz CT molecular complexity index is 287. The van der Waals surface area contributed by atoms with Gasteiger partial charge in [-0.15, -0.1) is 0 Å². The van der Waals surface area contributed by atoms with Crippen LogP contribution >= 0.6 is 23.2 Å². The molecule has 0 spiro atoms. The molecule has 0 aliphatic rings. The molecule has 0 aliphatic heterocycles. The highest BCUT2D eigenvalue weighted by atomic mass is 35.5. The minimum absolute atomic E-state index is 0.112. The normalized spacial score (nSPS) is 11.2. The second-order valence-electron chi connectivity index (χ2n) is 2.09. The molecule has 1 aromatic heterocycles. The number of carboxylic acid groups (broad SMARTS) is 1. The van der Waals surface area contributed by atoms with E-state index in [4.69, 9.17) is 28.3 Å². The first-order valence-electron chi connectivity index (χ1n) is 3.08. The van der Waals surface area contributed by atoms with Crippen molar-refractivity contribution in [2.45, 2.75) is 4.33 Å². The van der Waals surface area contributed by atoms with Crippen molar-refractivity contribution in [3.63, 3.8) is 0 Å². The third-order valence-corrected chi connectivity index (χ3v) is 1.97. The fraction of sp³-hybridized carbons (Fsp3) is 0.143. The zero-order valence-electron chi connectivity index (χ0n) is 5.87. The zero-order valence-corrected chi connectivity index (χ0v) is 7.38. The SMILES string of the molecule is O=C(O)C(Cl)(Cl)c1ccccn1. The number of alkyl halides is 2. The Labute approximate surface area is 78.9 Å². The van der Waals surface area contributed by atoms with E-state index < -0.39 is 10.3 Å². The Hall–Kier alpha value is -0.800. The number of nitrogens with zero attached hydrogens (tertiary/aromatic N) is 1. The molecule has 0 aromatic carbocycles.